The van der Waals surface area contributed by atoms with Gasteiger partial charge in [-0.05, 0) is 56.7 Å². The van der Waals surface area contributed by atoms with Crippen LogP contribution in [0.15, 0.2) is 0 Å². The molecule has 0 aromatic rings. The van der Waals surface area contributed by atoms with Gasteiger partial charge in [-0.15, -0.1) is 0 Å². The van der Waals surface area contributed by atoms with E-state index >= 15 is 0 Å². The van der Waals surface area contributed by atoms with Crippen molar-refractivity contribution in [2.45, 2.75) is 111 Å². The Kier molecular flexibility index (Phi) is 10.9. The lowest BCUT2D eigenvalue weighted by Gasteiger charge is -2.43. The van der Waals surface area contributed by atoms with Crippen LogP contribution < -0.4 is 0 Å². The summed E-state index contributed by atoms with van der Waals surface area (Å²) < 4.78 is 11.8. The predicted molar refractivity (Wildman–Crippen MR) is 111 cm³/mol. The van der Waals surface area contributed by atoms with Gasteiger partial charge in [-0.3, -0.25) is 4.79 Å². The van der Waals surface area contributed by atoms with Crippen molar-refractivity contribution in [2.75, 3.05) is 6.61 Å². The number of aldehydes is 1. The van der Waals surface area contributed by atoms with Crippen LogP contribution in [0.3, 0.4) is 0 Å². The summed E-state index contributed by atoms with van der Waals surface area (Å²) in [5.74, 6) is -0.159. The van der Waals surface area contributed by atoms with Gasteiger partial charge in [0, 0.05) is 0 Å². The number of ether oxygens (including phenoxy) is 1. The molecule has 0 aliphatic heterocycles. The molecule has 0 rings (SSSR count). The Morgan fingerprint density at radius 2 is 1.42 bits per heavy atom. The number of carbonyl (C=O) groups excluding carboxylic acids is 2. The summed E-state index contributed by atoms with van der Waals surface area (Å²) in [6.07, 6.45) is 4.09. The van der Waals surface area contributed by atoms with Gasteiger partial charge in [0.25, 0.3) is 0 Å². The third-order valence-electron chi connectivity index (χ3n) is 5.19. The van der Waals surface area contributed by atoms with Gasteiger partial charge in [-0.2, -0.15) is 0 Å². The highest BCUT2D eigenvalue weighted by Gasteiger charge is 2.46. The molecule has 0 aliphatic rings. The maximum absolute atomic E-state index is 11.7. The highest BCUT2D eigenvalue weighted by molar-refractivity contribution is 6.77. The molecule has 0 fully saturated rings. The maximum Gasteiger partial charge on any atom is 0.311 e. The Morgan fingerprint density at radius 1 is 0.923 bits per heavy atom. The monoisotopic (exact) mass is 386 g/mol. The van der Waals surface area contributed by atoms with Crippen molar-refractivity contribution < 1.29 is 18.8 Å². The first-order valence-electron chi connectivity index (χ1n) is 10.2. The van der Waals surface area contributed by atoms with Crippen LogP contribution in [0.5, 0.6) is 0 Å². The number of hydrogen-bond acceptors (Lipinski definition) is 4. The molecule has 0 unspecified atom stereocenters. The standard InChI is InChI=1S/C21H42O4Si/c1-16(2)26(17(3)4,18(5)6)25-19(15-22)13-11-10-12-14-24-20(23)21(7,8)9/h15-19H,10-14H2,1-9H3/t19-/m0/s1. The molecule has 0 heterocycles. The molecule has 5 heteroatoms. The average Bonchev–Trinajstić information content (AvgIpc) is 2.51. The van der Waals surface area contributed by atoms with Gasteiger partial charge < -0.3 is 14.0 Å². The van der Waals surface area contributed by atoms with Crippen molar-refractivity contribution >= 4 is 20.6 Å². The second-order valence-corrected chi connectivity index (χ2v) is 14.8. The third kappa shape index (κ3) is 7.51. The molecule has 0 saturated carbocycles. The van der Waals surface area contributed by atoms with E-state index in [1.807, 2.05) is 20.8 Å². The molecule has 0 aromatic carbocycles. The SMILES string of the molecule is CC(C)[Si](O[C@H](C=O)CCCCCOC(=O)C(C)(C)C)(C(C)C)C(C)C. The zero-order valence-electron chi connectivity index (χ0n) is 18.6. The minimum absolute atomic E-state index is 0.159. The van der Waals surface area contributed by atoms with Gasteiger partial charge >= 0.3 is 5.97 Å². The first-order valence-corrected chi connectivity index (χ1v) is 12.3. The highest BCUT2D eigenvalue weighted by atomic mass is 28.4. The van der Waals surface area contributed by atoms with Crippen LogP contribution in [0.1, 0.15) is 88.0 Å². The minimum atomic E-state index is -2.02. The van der Waals surface area contributed by atoms with Crippen LogP contribution in [0, 0.1) is 5.41 Å². The fourth-order valence-electron chi connectivity index (χ4n) is 3.83. The van der Waals surface area contributed by atoms with Gasteiger partial charge in [0.1, 0.15) is 12.4 Å². The van der Waals surface area contributed by atoms with Crippen LogP contribution >= 0.6 is 0 Å². The molecule has 0 aliphatic carbocycles. The van der Waals surface area contributed by atoms with Crippen LogP contribution in [-0.4, -0.2) is 33.3 Å². The normalized spacial score (nSPS) is 14.2. The molecule has 0 spiro atoms. The quantitative estimate of drug-likeness (QED) is 0.181. The molecule has 0 amide bonds. The smallest absolute Gasteiger partial charge is 0.311 e. The number of hydrogen-bond donors (Lipinski definition) is 0. The Hall–Kier alpha value is -0.683. The predicted octanol–water partition coefficient (Wildman–Crippen LogP) is 5.90. The lowest BCUT2D eigenvalue weighted by Crippen LogP contribution is -2.50. The summed E-state index contributed by atoms with van der Waals surface area (Å²) in [7, 11) is -2.02. The van der Waals surface area contributed by atoms with E-state index in [1.54, 1.807) is 0 Å². The van der Waals surface area contributed by atoms with Crippen molar-refractivity contribution in [3.63, 3.8) is 0 Å². The summed E-state index contributed by atoms with van der Waals surface area (Å²) in [5.41, 5.74) is 0.972. The highest BCUT2D eigenvalue weighted by Crippen LogP contribution is 2.43. The number of rotatable bonds is 12. The first-order chi connectivity index (χ1) is 11.9. The molecular weight excluding hydrogens is 344 g/mol. The van der Waals surface area contributed by atoms with Crippen molar-refractivity contribution in [2.24, 2.45) is 5.41 Å². The van der Waals surface area contributed by atoms with Crippen LogP contribution in [0.25, 0.3) is 0 Å². The number of carbonyl (C=O) groups is 2. The van der Waals surface area contributed by atoms with Gasteiger partial charge in [-0.1, -0.05) is 48.0 Å². The zero-order valence-corrected chi connectivity index (χ0v) is 19.6. The van der Waals surface area contributed by atoms with Crippen molar-refractivity contribution in [3.8, 4) is 0 Å². The molecule has 0 bridgehead atoms. The Morgan fingerprint density at radius 3 is 1.81 bits per heavy atom. The molecule has 0 aromatic heterocycles. The Labute approximate surface area is 162 Å². The lowest BCUT2D eigenvalue weighted by atomic mass is 9.97. The van der Waals surface area contributed by atoms with Crippen molar-refractivity contribution in [3.05, 3.63) is 0 Å². The van der Waals surface area contributed by atoms with Crippen LogP contribution in [0.2, 0.25) is 16.6 Å². The molecule has 4 nitrogen and oxygen atoms in total. The van der Waals surface area contributed by atoms with Gasteiger partial charge in [0.05, 0.1) is 12.0 Å². The fourth-order valence-corrected chi connectivity index (χ4v) is 9.35. The van der Waals surface area contributed by atoms with Crippen molar-refractivity contribution in [1.82, 2.24) is 0 Å². The van der Waals surface area contributed by atoms with E-state index in [0.29, 0.717) is 23.2 Å². The molecule has 154 valence electrons. The second-order valence-electron chi connectivity index (χ2n) is 9.35. The summed E-state index contributed by atoms with van der Waals surface area (Å²) in [5, 5.41) is 0. The summed E-state index contributed by atoms with van der Waals surface area (Å²) in [6.45, 7) is 19.4. The summed E-state index contributed by atoms with van der Waals surface area (Å²) in [4.78, 5) is 23.3. The molecular formula is C21H42O4Si. The van der Waals surface area contributed by atoms with E-state index in [1.165, 1.54) is 0 Å². The van der Waals surface area contributed by atoms with E-state index in [9.17, 15) is 9.59 Å². The zero-order chi connectivity index (χ0) is 20.5. The fraction of sp³-hybridized carbons (Fsp3) is 0.905. The van der Waals surface area contributed by atoms with Gasteiger partial charge in [0.2, 0.25) is 8.32 Å². The Balaban J connectivity index is 4.47. The third-order valence-corrected chi connectivity index (χ3v) is 11.3. The largest absolute Gasteiger partial charge is 0.465 e. The lowest BCUT2D eigenvalue weighted by molar-refractivity contribution is -0.153. The minimum Gasteiger partial charge on any atom is -0.465 e. The van der Waals surface area contributed by atoms with E-state index in [0.717, 1.165) is 32.0 Å². The number of esters is 1. The average molecular weight is 387 g/mol. The van der Waals surface area contributed by atoms with Gasteiger partial charge in [0.15, 0.2) is 0 Å². The van der Waals surface area contributed by atoms with Crippen molar-refractivity contribution in [1.29, 1.82) is 0 Å². The Bertz CT molecular complexity index is 402. The van der Waals surface area contributed by atoms with E-state index in [4.69, 9.17) is 9.16 Å². The van der Waals surface area contributed by atoms with E-state index in [-0.39, 0.29) is 12.1 Å². The molecule has 0 radical (unpaired) electrons. The summed E-state index contributed by atoms with van der Waals surface area (Å²) >= 11 is 0. The van der Waals surface area contributed by atoms with E-state index in [2.05, 4.69) is 41.5 Å². The molecule has 26 heavy (non-hydrogen) atoms. The number of unbranched alkanes of at least 4 members (excludes halogenated alkanes) is 2. The van der Waals surface area contributed by atoms with Crippen LogP contribution in [-0.2, 0) is 18.8 Å². The van der Waals surface area contributed by atoms with Crippen LogP contribution in [0.4, 0.5) is 0 Å². The maximum atomic E-state index is 11.7. The summed E-state index contributed by atoms with van der Waals surface area (Å²) in [6, 6.07) is 0. The first kappa shape index (κ1) is 25.3. The molecule has 1 atom stereocenters. The van der Waals surface area contributed by atoms with Gasteiger partial charge in [-0.25, -0.2) is 0 Å². The second kappa shape index (κ2) is 11.2. The molecule has 0 N–H and O–H groups in total. The molecule has 0 saturated heterocycles. The topological polar surface area (TPSA) is 52.6 Å². The van der Waals surface area contributed by atoms with E-state index < -0.39 is 13.7 Å².